The Morgan fingerprint density at radius 2 is 2.00 bits per heavy atom. The third-order valence-electron chi connectivity index (χ3n) is 4.29. The van der Waals surface area contributed by atoms with Crippen LogP contribution in [0.25, 0.3) is 0 Å². The van der Waals surface area contributed by atoms with Gasteiger partial charge in [0.15, 0.2) is 6.10 Å². The fourth-order valence-corrected chi connectivity index (χ4v) is 2.90. The van der Waals surface area contributed by atoms with Crippen LogP contribution in [0.5, 0.6) is 0 Å². The summed E-state index contributed by atoms with van der Waals surface area (Å²) in [5.41, 5.74) is 1.93. The van der Waals surface area contributed by atoms with Crippen molar-refractivity contribution >= 4 is 23.4 Å². The monoisotopic (exact) mass is 339 g/mol. The zero-order valence-electron chi connectivity index (χ0n) is 14.4. The average molecular weight is 339 g/mol. The van der Waals surface area contributed by atoms with E-state index in [0.717, 1.165) is 24.5 Å². The molecule has 1 atom stereocenters. The van der Waals surface area contributed by atoms with Crippen molar-refractivity contribution < 1.29 is 14.3 Å². The van der Waals surface area contributed by atoms with Crippen LogP contribution in [0.2, 0.25) is 0 Å². The molecule has 1 aliphatic rings. The maximum Gasteiger partial charge on any atom is 0.339 e. The van der Waals surface area contributed by atoms with Gasteiger partial charge < -0.3 is 15.0 Å². The zero-order chi connectivity index (χ0) is 17.8. The highest BCUT2D eigenvalue weighted by Gasteiger charge is 2.31. The van der Waals surface area contributed by atoms with Gasteiger partial charge in [0.2, 0.25) is 0 Å². The first-order valence-corrected chi connectivity index (χ1v) is 8.43. The summed E-state index contributed by atoms with van der Waals surface area (Å²) in [6, 6.07) is 10.9. The van der Waals surface area contributed by atoms with Gasteiger partial charge in [-0.1, -0.05) is 18.2 Å². The van der Waals surface area contributed by atoms with E-state index < -0.39 is 12.1 Å². The molecule has 6 heteroatoms. The number of pyridine rings is 1. The van der Waals surface area contributed by atoms with Crippen LogP contribution in [-0.2, 0) is 16.0 Å². The van der Waals surface area contributed by atoms with Gasteiger partial charge in [-0.2, -0.15) is 0 Å². The highest BCUT2D eigenvalue weighted by molar-refractivity contribution is 6.00. The summed E-state index contributed by atoms with van der Waals surface area (Å²) < 4.78 is 5.26. The molecule has 0 fully saturated rings. The van der Waals surface area contributed by atoms with Crippen LogP contribution in [0.1, 0.15) is 29.8 Å². The van der Waals surface area contributed by atoms with Crippen LogP contribution < -0.4 is 10.2 Å². The number of esters is 1. The fraction of sp³-hybridized carbons (Fsp3) is 0.316. The summed E-state index contributed by atoms with van der Waals surface area (Å²) in [5.74, 6) is 0.0540. The number of fused-ring (bicyclic) bond motifs is 1. The number of hydrogen-bond acceptors (Lipinski definition) is 5. The number of hydrogen-bond donors (Lipinski definition) is 1. The lowest BCUT2D eigenvalue weighted by Crippen LogP contribution is -2.38. The predicted octanol–water partition coefficient (Wildman–Crippen LogP) is 2.65. The highest BCUT2D eigenvalue weighted by Crippen LogP contribution is 2.22. The van der Waals surface area contributed by atoms with Crippen molar-refractivity contribution in [2.75, 3.05) is 23.3 Å². The van der Waals surface area contributed by atoms with Crippen molar-refractivity contribution in [1.29, 1.82) is 0 Å². The minimum absolute atomic E-state index is 0.347. The molecule has 1 aromatic carbocycles. The maximum atomic E-state index is 12.4. The van der Waals surface area contributed by atoms with Gasteiger partial charge in [0.05, 0.1) is 17.4 Å². The Kier molecular flexibility index (Phi) is 4.97. The van der Waals surface area contributed by atoms with Gasteiger partial charge in [0.1, 0.15) is 5.82 Å². The van der Waals surface area contributed by atoms with E-state index in [9.17, 15) is 9.59 Å². The van der Waals surface area contributed by atoms with Gasteiger partial charge >= 0.3 is 5.97 Å². The maximum absolute atomic E-state index is 12.4. The second-order valence-corrected chi connectivity index (χ2v) is 5.82. The number of ether oxygens (including phenoxy) is 1. The zero-order valence-corrected chi connectivity index (χ0v) is 14.4. The molecule has 2 heterocycles. The minimum Gasteiger partial charge on any atom is -0.448 e. The van der Waals surface area contributed by atoms with E-state index in [-0.39, 0.29) is 5.91 Å². The van der Waals surface area contributed by atoms with Gasteiger partial charge in [-0.05, 0) is 37.6 Å². The normalized spacial score (nSPS) is 15.9. The number of rotatable bonds is 5. The number of carbonyl (C=O) groups excluding carboxylic acids is 2. The second-order valence-electron chi connectivity index (χ2n) is 5.82. The van der Waals surface area contributed by atoms with Crippen LogP contribution >= 0.6 is 0 Å². The van der Waals surface area contributed by atoms with E-state index in [4.69, 9.17) is 4.74 Å². The number of anilines is 2. The van der Waals surface area contributed by atoms with Crippen LogP contribution in [0.4, 0.5) is 11.5 Å². The molecule has 2 aromatic rings. The number of nitrogens with one attached hydrogen (secondary N) is 1. The van der Waals surface area contributed by atoms with Gasteiger partial charge in [-0.3, -0.25) is 4.79 Å². The van der Waals surface area contributed by atoms with E-state index in [2.05, 4.69) is 29.0 Å². The molecule has 1 amide bonds. The van der Waals surface area contributed by atoms with Crippen LogP contribution in [-0.4, -0.2) is 36.1 Å². The molecule has 0 aliphatic carbocycles. The van der Waals surface area contributed by atoms with E-state index in [1.807, 2.05) is 18.2 Å². The van der Waals surface area contributed by atoms with Gasteiger partial charge in [-0.15, -0.1) is 0 Å². The molecule has 0 bridgehead atoms. The third kappa shape index (κ3) is 3.63. The minimum atomic E-state index is -0.829. The first-order chi connectivity index (χ1) is 12.1. The number of carbonyl (C=O) groups is 2. The fourth-order valence-electron chi connectivity index (χ4n) is 2.90. The van der Waals surface area contributed by atoms with E-state index in [1.54, 1.807) is 24.4 Å². The van der Waals surface area contributed by atoms with E-state index in [1.165, 1.54) is 0 Å². The summed E-state index contributed by atoms with van der Waals surface area (Å²) in [5, 5.41) is 2.77. The number of benzene rings is 1. The Morgan fingerprint density at radius 1 is 1.24 bits per heavy atom. The Bertz CT molecular complexity index is 770. The van der Waals surface area contributed by atoms with Gasteiger partial charge in [0.25, 0.3) is 5.91 Å². The number of aromatic nitrogens is 1. The SMILES string of the molecule is CCN(CC)c1ccc(NC(=O)[C@@H]2Cc3ccccc3C(=O)O2)cn1. The molecular weight excluding hydrogens is 318 g/mol. The molecular formula is C19H21N3O3. The van der Waals surface area contributed by atoms with Crippen LogP contribution in [0, 0.1) is 0 Å². The van der Waals surface area contributed by atoms with Crippen molar-refractivity contribution in [3.8, 4) is 0 Å². The summed E-state index contributed by atoms with van der Waals surface area (Å²) in [4.78, 5) is 30.9. The van der Waals surface area contributed by atoms with Gasteiger partial charge in [0, 0.05) is 19.5 Å². The van der Waals surface area contributed by atoms with Crippen LogP contribution in [0.3, 0.4) is 0 Å². The topological polar surface area (TPSA) is 71.5 Å². The van der Waals surface area contributed by atoms with Crippen molar-refractivity contribution in [1.82, 2.24) is 4.98 Å². The van der Waals surface area contributed by atoms with Crippen molar-refractivity contribution in [2.45, 2.75) is 26.4 Å². The van der Waals surface area contributed by atoms with Crippen molar-refractivity contribution in [2.24, 2.45) is 0 Å². The summed E-state index contributed by atoms with van der Waals surface area (Å²) in [7, 11) is 0. The second kappa shape index (κ2) is 7.34. The molecule has 6 nitrogen and oxygen atoms in total. The van der Waals surface area contributed by atoms with Crippen LogP contribution in [0.15, 0.2) is 42.6 Å². The smallest absolute Gasteiger partial charge is 0.339 e. The molecule has 130 valence electrons. The lowest BCUT2D eigenvalue weighted by Gasteiger charge is -2.24. The summed E-state index contributed by atoms with van der Waals surface area (Å²) in [6.07, 6.45) is 1.16. The lowest BCUT2D eigenvalue weighted by atomic mass is 9.98. The molecule has 0 spiro atoms. The standard InChI is InChI=1S/C19H21N3O3/c1-3-22(4-2)17-10-9-14(12-20-17)21-18(23)16-11-13-7-5-6-8-15(13)19(24)25-16/h5-10,12,16H,3-4,11H2,1-2H3,(H,21,23)/t16-/m0/s1. The molecule has 0 unspecified atom stereocenters. The Balaban J connectivity index is 1.68. The predicted molar refractivity (Wildman–Crippen MR) is 95.8 cm³/mol. The number of nitrogens with zero attached hydrogens (tertiary/aromatic N) is 2. The first kappa shape index (κ1) is 17.0. The molecule has 0 saturated heterocycles. The summed E-state index contributed by atoms with van der Waals surface area (Å²) in [6.45, 7) is 5.87. The Hall–Kier alpha value is -2.89. The summed E-state index contributed by atoms with van der Waals surface area (Å²) >= 11 is 0. The molecule has 0 radical (unpaired) electrons. The molecule has 3 rings (SSSR count). The van der Waals surface area contributed by atoms with Gasteiger partial charge in [-0.25, -0.2) is 9.78 Å². The molecule has 1 aliphatic heterocycles. The van der Waals surface area contributed by atoms with Crippen molar-refractivity contribution in [3.05, 3.63) is 53.7 Å². The lowest BCUT2D eigenvalue weighted by molar-refractivity contribution is -0.125. The largest absolute Gasteiger partial charge is 0.448 e. The highest BCUT2D eigenvalue weighted by atomic mass is 16.5. The van der Waals surface area contributed by atoms with E-state index >= 15 is 0 Å². The Morgan fingerprint density at radius 3 is 2.68 bits per heavy atom. The van der Waals surface area contributed by atoms with E-state index in [0.29, 0.717) is 17.7 Å². The molecule has 25 heavy (non-hydrogen) atoms. The number of cyclic esters (lactones) is 1. The Labute approximate surface area is 146 Å². The molecule has 0 saturated carbocycles. The first-order valence-electron chi connectivity index (χ1n) is 8.43. The number of amides is 1. The third-order valence-corrected chi connectivity index (χ3v) is 4.29. The molecule has 1 aromatic heterocycles. The van der Waals surface area contributed by atoms with Crippen molar-refractivity contribution in [3.63, 3.8) is 0 Å². The quantitative estimate of drug-likeness (QED) is 0.848. The average Bonchev–Trinajstić information content (AvgIpc) is 2.64. The molecule has 1 N–H and O–H groups in total.